The van der Waals surface area contributed by atoms with Crippen molar-refractivity contribution in [2.45, 2.75) is 0 Å². The van der Waals surface area contributed by atoms with E-state index >= 15 is 0 Å². The predicted octanol–water partition coefficient (Wildman–Crippen LogP) is 3.71. The van der Waals surface area contributed by atoms with Crippen LogP contribution in [0.25, 0.3) is 16.9 Å². The van der Waals surface area contributed by atoms with Gasteiger partial charge in [-0.15, -0.1) is 0 Å². The van der Waals surface area contributed by atoms with Gasteiger partial charge in [0.1, 0.15) is 5.82 Å². The van der Waals surface area contributed by atoms with E-state index < -0.39 is 28.5 Å². The summed E-state index contributed by atoms with van der Waals surface area (Å²) in [7, 11) is -3.60. The molecule has 0 unspecified atom stereocenters. The Hall–Kier alpha value is -4.44. The maximum absolute atomic E-state index is 12.7. The van der Waals surface area contributed by atoms with Gasteiger partial charge in [0, 0.05) is 11.6 Å². The van der Waals surface area contributed by atoms with Crippen molar-refractivity contribution < 1.29 is 22.7 Å². The van der Waals surface area contributed by atoms with Crippen molar-refractivity contribution in [1.82, 2.24) is 9.78 Å². The lowest BCUT2D eigenvalue weighted by Crippen LogP contribution is -2.23. The summed E-state index contributed by atoms with van der Waals surface area (Å²) in [6, 6.07) is 26.5. The van der Waals surface area contributed by atoms with E-state index in [0.29, 0.717) is 11.5 Å². The summed E-state index contributed by atoms with van der Waals surface area (Å²) in [5.41, 5.74) is 2.32. The Bertz CT molecular complexity index is 1450. The van der Waals surface area contributed by atoms with Gasteiger partial charge in [0.25, 0.3) is 5.91 Å². The van der Waals surface area contributed by atoms with E-state index in [-0.39, 0.29) is 11.3 Å². The van der Waals surface area contributed by atoms with Crippen molar-refractivity contribution in [1.29, 1.82) is 0 Å². The normalized spacial score (nSPS) is 11.0. The summed E-state index contributed by atoms with van der Waals surface area (Å²) in [4.78, 5) is 25.2. The van der Waals surface area contributed by atoms with Gasteiger partial charge in [0.05, 0.1) is 28.9 Å². The fourth-order valence-corrected chi connectivity index (χ4v) is 3.90. The molecule has 4 rings (SSSR count). The number of para-hydroxylation sites is 2. The second kappa shape index (κ2) is 10.2. The van der Waals surface area contributed by atoms with Crippen molar-refractivity contribution in [2.75, 3.05) is 22.9 Å². The number of aromatic nitrogens is 2. The maximum atomic E-state index is 12.7. The maximum Gasteiger partial charge on any atom is 0.340 e. The van der Waals surface area contributed by atoms with Crippen LogP contribution in [0.5, 0.6) is 0 Å². The number of sulfonamides is 1. The summed E-state index contributed by atoms with van der Waals surface area (Å²) in [5.74, 6) is -1.02. The fraction of sp³-hybridized carbons (Fsp3) is 0.0800. The summed E-state index contributed by atoms with van der Waals surface area (Å²) in [5, 5.41) is 7.35. The van der Waals surface area contributed by atoms with Crippen LogP contribution in [-0.4, -0.2) is 42.9 Å². The SMILES string of the molecule is CS(=O)(=O)Nc1ccccc1C(=O)OCC(=O)Nc1cc(-c2ccccc2)nn1-c1ccccc1. The number of amides is 1. The van der Waals surface area contributed by atoms with Crippen LogP contribution in [-0.2, 0) is 19.6 Å². The van der Waals surface area contributed by atoms with Crippen LogP contribution in [0, 0.1) is 0 Å². The Morgan fingerprint density at radius 2 is 1.54 bits per heavy atom. The van der Waals surface area contributed by atoms with Gasteiger partial charge in [-0.25, -0.2) is 17.9 Å². The molecule has 0 aliphatic heterocycles. The number of anilines is 2. The highest BCUT2D eigenvalue weighted by Gasteiger charge is 2.18. The molecule has 1 heterocycles. The zero-order chi connectivity index (χ0) is 24.8. The first-order chi connectivity index (χ1) is 16.8. The standard InChI is InChI=1S/C25H22N4O5S/c1-35(32,33)28-21-15-9-8-14-20(21)25(31)34-17-24(30)26-23-16-22(18-10-4-2-5-11-18)27-29(23)19-12-6-3-7-13-19/h2-16,28H,17H2,1H3,(H,26,30). The molecule has 1 amide bonds. The second-order valence-electron chi connectivity index (χ2n) is 7.57. The van der Waals surface area contributed by atoms with E-state index in [0.717, 1.165) is 17.5 Å². The van der Waals surface area contributed by atoms with Crippen LogP contribution < -0.4 is 10.0 Å². The molecule has 0 bridgehead atoms. The molecule has 0 saturated heterocycles. The van der Waals surface area contributed by atoms with Gasteiger partial charge in [-0.05, 0) is 24.3 Å². The lowest BCUT2D eigenvalue weighted by Gasteiger charge is -2.11. The van der Waals surface area contributed by atoms with Crippen LogP contribution in [0.4, 0.5) is 11.5 Å². The van der Waals surface area contributed by atoms with Gasteiger partial charge in [0.15, 0.2) is 6.61 Å². The fourth-order valence-electron chi connectivity index (χ4n) is 3.32. The lowest BCUT2D eigenvalue weighted by molar-refractivity contribution is -0.119. The Morgan fingerprint density at radius 1 is 0.914 bits per heavy atom. The molecule has 9 nitrogen and oxygen atoms in total. The molecule has 0 spiro atoms. The average Bonchev–Trinajstić information content (AvgIpc) is 3.26. The van der Waals surface area contributed by atoms with E-state index in [2.05, 4.69) is 15.1 Å². The molecule has 4 aromatic rings. The van der Waals surface area contributed by atoms with Crippen LogP contribution >= 0.6 is 0 Å². The quantitative estimate of drug-likeness (QED) is 0.364. The minimum atomic E-state index is -3.60. The number of rotatable bonds is 8. The molecular weight excluding hydrogens is 468 g/mol. The molecule has 0 atom stereocenters. The smallest absolute Gasteiger partial charge is 0.340 e. The van der Waals surface area contributed by atoms with Crippen LogP contribution in [0.2, 0.25) is 0 Å². The first-order valence-electron chi connectivity index (χ1n) is 10.5. The minimum Gasteiger partial charge on any atom is -0.452 e. The molecule has 35 heavy (non-hydrogen) atoms. The van der Waals surface area contributed by atoms with Gasteiger partial charge in [-0.1, -0.05) is 60.7 Å². The van der Waals surface area contributed by atoms with Crippen molar-refractivity contribution in [3.8, 4) is 16.9 Å². The minimum absolute atomic E-state index is 0.00795. The van der Waals surface area contributed by atoms with Gasteiger partial charge in [-0.2, -0.15) is 5.10 Å². The van der Waals surface area contributed by atoms with E-state index in [9.17, 15) is 18.0 Å². The molecule has 2 N–H and O–H groups in total. The largest absolute Gasteiger partial charge is 0.452 e. The number of carbonyl (C=O) groups excluding carboxylic acids is 2. The van der Waals surface area contributed by atoms with Gasteiger partial charge in [0.2, 0.25) is 10.0 Å². The molecular formula is C25H22N4O5S. The monoisotopic (exact) mass is 490 g/mol. The highest BCUT2D eigenvalue weighted by molar-refractivity contribution is 7.92. The zero-order valence-corrected chi connectivity index (χ0v) is 19.5. The highest BCUT2D eigenvalue weighted by atomic mass is 32.2. The molecule has 1 aromatic heterocycles. The van der Waals surface area contributed by atoms with Crippen LogP contribution in [0.3, 0.4) is 0 Å². The first-order valence-corrected chi connectivity index (χ1v) is 12.4. The topological polar surface area (TPSA) is 119 Å². The predicted molar refractivity (Wildman–Crippen MR) is 133 cm³/mol. The van der Waals surface area contributed by atoms with Gasteiger partial charge < -0.3 is 10.1 Å². The number of esters is 1. The summed E-state index contributed by atoms with van der Waals surface area (Å²) >= 11 is 0. The Balaban J connectivity index is 1.51. The van der Waals surface area contributed by atoms with Crippen molar-refractivity contribution in [3.63, 3.8) is 0 Å². The molecule has 0 aliphatic rings. The van der Waals surface area contributed by atoms with Crippen molar-refractivity contribution >= 4 is 33.4 Å². The summed E-state index contributed by atoms with van der Waals surface area (Å²) < 4.78 is 32.1. The molecule has 0 aliphatic carbocycles. The third kappa shape index (κ3) is 6.12. The summed E-state index contributed by atoms with van der Waals surface area (Å²) in [6.45, 7) is -0.577. The molecule has 0 saturated carbocycles. The number of nitrogens with one attached hydrogen (secondary N) is 2. The van der Waals surface area contributed by atoms with Crippen LogP contribution in [0.15, 0.2) is 91.0 Å². The third-order valence-corrected chi connectivity index (χ3v) is 5.41. The second-order valence-corrected chi connectivity index (χ2v) is 9.32. The lowest BCUT2D eigenvalue weighted by atomic mass is 10.2. The average molecular weight is 491 g/mol. The molecule has 0 fully saturated rings. The van der Waals surface area contributed by atoms with Gasteiger partial charge in [-0.3, -0.25) is 9.52 Å². The molecule has 178 valence electrons. The first kappa shape index (κ1) is 23.7. The van der Waals surface area contributed by atoms with E-state index in [1.165, 1.54) is 12.1 Å². The zero-order valence-electron chi connectivity index (χ0n) is 18.7. The van der Waals surface area contributed by atoms with E-state index in [1.807, 2.05) is 60.7 Å². The van der Waals surface area contributed by atoms with Crippen molar-refractivity contribution in [3.05, 3.63) is 96.6 Å². The summed E-state index contributed by atoms with van der Waals surface area (Å²) in [6.07, 6.45) is 0.974. The highest BCUT2D eigenvalue weighted by Crippen LogP contribution is 2.25. The molecule has 10 heteroatoms. The number of hydrogen-bond acceptors (Lipinski definition) is 6. The van der Waals surface area contributed by atoms with Crippen molar-refractivity contribution in [2.24, 2.45) is 0 Å². The number of carbonyl (C=O) groups is 2. The van der Waals surface area contributed by atoms with E-state index in [4.69, 9.17) is 4.74 Å². The third-order valence-electron chi connectivity index (χ3n) is 4.82. The Kier molecular flexibility index (Phi) is 6.93. The Morgan fingerprint density at radius 3 is 2.23 bits per heavy atom. The Labute approximate surface area is 202 Å². The van der Waals surface area contributed by atoms with E-state index in [1.54, 1.807) is 22.9 Å². The number of benzene rings is 3. The molecule has 3 aromatic carbocycles. The van der Waals surface area contributed by atoms with Crippen LogP contribution in [0.1, 0.15) is 10.4 Å². The van der Waals surface area contributed by atoms with Gasteiger partial charge >= 0.3 is 5.97 Å². The number of nitrogens with zero attached hydrogens (tertiary/aromatic N) is 2. The molecule has 0 radical (unpaired) electrons. The number of hydrogen-bond donors (Lipinski definition) is 2. The number of ether oxygens (including phenoxy) is 1.